The Balaban J connectivity index is 1.51. The molecular weight excluding hydrogens is 640 g/mol. The number of nitrogens with one attached hydrogen (secondary N) is 3. The number of carbonyl (C=O) groups is 5. The molecule has 4 amide bonds. The lowest BCUT2D eigenvalue weighted by atomic mass is 9.77. The maximum Gasteiger partial charge on any atom is 0.410 e. The van der Waals surface area contributed by atoms with E-state index in [2.05, 4.69) is 16.1 Å². The molecule has 5 rings (SSSR count). The highest BCUT2D eigenvalue weighted by Gasteiger charge is 2.45. The van der Waals surface area contributed by atoms with Crippen LogP contribution in [0.1, 0.15) is 91.4 Å². The van der Waals surface area contributed by atoms with Crippen molar-refractivity contribution in [3.05, 3.63) is 47.7 Å². The number of pyridine rings is 1. The predicted molar refractivity (Wildman–Crippen MR) is 187 cm³/mol. The minimum atomic E-state index is -1.18. The highest BCUT2D eigenvalue weighted by Crippen LogP contribution is 2.37. The number of carbonyl (C=O) groups excluding carboxylic acids is 5. The standard InChI is InChI=1S/C37H50N6O7/c1-22(2)30-32(45)39-24(4)33(46)43-18-8-9-28(41-43)31(44)38-23(3)27-13-12-26-11-10-25(21-29(26)40-27)14-15-37(34(47)49-30)16-19-42(20-17-37)35(48)50-36(5,6)7/h10-15,21-24,28,30,41H,8-9,16-20H2,1-7H3,(H,38,44)(H,39,45)/b15-14+/t23-,24+,28+,30+/m1/s1. The van der Waals surface area contributed by atoms with Gasteiger partial charge in [0.1, 0.15) is 17.7 Å². The van der Waals surface area contributed by atoms with Crippen LogP contribution in [-0.4, -0.2) is 88.1 Å². The first-order valence-corrected chi connectivity index (χ1v) is 17.5. The second-order valence-corrected chi connectivity index (χ2v) is 15.0. The summed E-state index contributed by atoms with van der Waals surface area (Å²) in [6.07, 6.45) is 3.63. The summed E-state index contributed by atoms with van der Waals surface area (Å²) in [4.78, 5) is 73.9. The van der Waals surface area contributed by atoms with Gasteiger partial charge in [-0.25, -0.2) is 10.2 Å². The first-order chi connectivity index (χ1) is 23.5. The van der Waals surface area contributed by atoms with E-state index < -0.39 is 65.0 Å². The van der Waals surface area contributed by atoms with Crippen molar-refractivity contribution in [2.45, 2.75) is 104 Å². The van der Waals surface area contributed by atoms with Crippen LogP contribution < -0.4 is 16.1 Å². The fraction of sp³-hybridized carbons (Fsp3) is 0.568. The molecule has 5 bridgehead atoms. The molecule has 2 saturated heterocycles. The minimum absolute atomic E-state index is 0.245. The van der Waals surface area contributed by atoms with Gasteiger partial charge in [-0.1, -0.05) is 44.2 Å². The first kappa shape index (κ1) is 36.8. The average Bonchev–Trinajstić information content (AvgIpc) is 3.07. The highest BCUT2D eigenvalue weighted by molar-refractivity contribution is 5.92. The molecule has 13 nitrogen and oxygen atoms in total. The SMILES string of the molecule is CC(C)[C@@H]1OC(=O)C2(/C=C/c3ccc4ccc(nc4c3)[C@@H](C)NC(=O)[C@@H]3CCCN(N3)C(=O)[C@H](C)NC1=O)CCN(C(=O)OC(C)(C)C)CC2. The Labute approximate surface area is 293 Å². The average molecular weight is 691 g/mol. The summed E-state index contributed by atoms with van der Waals surface area (Å²) in [5.74, 6) is -2.26. The molecule has 2 fully saturated rings. The molecule has 13 heteroatoms. The smallest absolute Gasteiger partial charge is 0.410 e. The van der Waals surface area contributed by atoms with Gasteiger partial charge in [0.2, 0.25) is 5.91 Å². The van der Waals surface area contributed by atoms with E-state index in [0.29, 0.717) is 30.6 Å². The molecule has 2 aromatic rings. The van der Waals surface area contributed by atoms with E-state index in [1.165, 1.54) is 5.01 Å². The van der Waals surface area contributed by atoms with Crippen molar-refractivity contribution in [2.24, 2.45) is 11.3 Å². The Hall–Kier alpha value is -4.52. The maximum atomic E-state index is 14.2. The van der Waals surface area contributed by atoms with E-state index in [1.807, 2.05) is 43.3 Å². The molecule has 0 unspecified atom stereocenters. The number of amides is 4. The second-order valence-electron chi connectivity index (χ2n) is 15.0. The number of cyclic esters (lactones) is 1. The van der Waals surface area contributed by atoms with Crippen LogP contribution in [0.4, 0.5) is 4.79 Å². The number of benzene rings is 1. The number of hydrazine groups is 1. The number of aromatic nitrogens is 1. The molecule has 3 aliphatic heterocycles. The summed E-state index contributed by atoms with van der Waals surface area (Å²) in [5, 5.41) is 8.04. The molecule has 270 valence electrons. The van der Waals surface area contributed by atoms with Crippen LogP contribution >= 0.6 is 0 Å². The van der Waals surface area contributed by atoms with Gasteiger partial charge in [0.05, 0.1) is 22.7 Å². The molecule has 0 aliphatic carbocycles. The van der Waals surface area contributed by atoms with E-state index in [-0.39, 0.29) is 31.8 Å². The van der Waals surface area contributed by atoms with Crippen molar-refractivity contribution in [3.63, 3.8) is 0 Å². The number of esters is 1. The largest absolute Gasteiger partial charge is 0.451 e. The van der Waals surface area contributed by atoms with Gasteiger partial charge >= 0.3 is 12.1 Å². The zero-order valence-electron chi connectivity index (χ0n) is 30.1. The van der Waals surface area contributed by atoms with Crippen LogP contribution in [0.5, 0.6) is 0 Å². The molecule has 4 atom stereocenters. The van der Waals surface area contributed by atoms with Gasteiger partial charge in [-0.3, -0.25) is 29.2 Å². The minimum Gasteiger partial charge on any atom is -0.451 e. The second kappa shape index (κ2) is 14.8. The Kier molecular flexibility index (Phi) is 10.8. The van der Waals surface area contributed by atoms with E-state index in [0.717, 1.165) is 10.9 Å². The Morgan fingerprint density at radius 3 is 2.34 bits per heavy atom. The maximum absolute atomic E-state index is 14.2. The number of hydrogen-bond acceptors (Lipinski definition) is 9. The third kappa shape index (κ3) is 8.43. The summed E-state index contributed by atoms with van der Waals surface area (Å²) in [7, 11) is 0. The molecule has 0 saturated carbocycles. The molecule has 0 radical (unpaired) electrons. The fourth-order valence-electron chi connectivity index (χ4n) is 6.44. The summed E-state index contributed by atoms with van der Waals surface area (Å²) in [5.41, 5.74) is 3.40. The topological polar surface area (TPSA) is 159 Å². The quantitative estimate of drug-likeness (QED) is 0.376. The van der Waals surface area contributed by atoms with Gasteiger partial charge in [0.15, 0.2) is 6.10 Å². The molecule has 1 spiro atoms. The van der Waals surface area contributed by atoms with Crippen LogP contribution in [-0.2, 0) is 28.7 Å². The van der Waals surface area contributed by atoms with Crippen LogP contribution in [0.2, 0.25) is 0 Å². The van der Waals surface area contributed by atoms with Crippen molar-refractivity contribution in [3.8, 4) is 0 Å². The van der Waals surface area contributed by atoms with Gasteiger partial charge in [0.25, 0.3) is 11.8 Å². The molecule has 3 N–H and O–H groups in total. The molecule has 1 aromatic carbocycles. The number of rotatable bonds is 1. The zero-order chi connectivity index (χ0) is 36.4. The van der Waals surface area contributed by atoms with E-state index in [4.69, 9.17) is 14.5 Å². The molecule has 3 aliphatic rings. The summed E-state index contributed by atoms with van der Waals surface area (Å²) in [6.45, 7) is 13.2. The van der Waals surface area contributed by atoms with Gasteiger partial charge in [-0.05, 0) is 83.9 Å². The number of hydrogen-bond donors (Lipinski definition) is 3. The Morgan fingerprint density at radius 2 is 1.66 bits per heavy atom. The van der Waals surface area contributed by atoms with Crippen molar-refractivity contribution in [1.29, 1.82) is 0 Å². The summed E-state index contributed by atoms with van der Waals surface area (Å²) in [6, 6.07) is 7.60. The van der Waals surface area contributed by atoms with Gasteiger partial charge in [0, 0.05) is 25.0 Å². The zero-order valence-corrected chi connectivity index (χ0v) is 30.1. The van der Waals surface area contributed by atoms with E-state index >= 15 is 0 Å². The van der Waals surface area contributed by atoms with Crippen LogP contribution in [0.15, 0.2) is 36.4 Å². The highest BCUT2D eigenvalue weighted by atomic mass is 16.6. The van der Waals surface area contributed by atoms with Crippen LogP contribution in [0.25, 0.3) is 17.0 Å². The third-order valence-corrected chi connectivity index (χ3v) is 9.44. The van der Waals surface area contributed by atoms with Crippen molar-refractivity contribution in [2.75, 3.05) is 19.6 Å². The van der Waals surface area contributed by atoms with Gasteiger partial charge in [-0.15, -0.1) is 0 Å². The summed E-state index contributed by atoms with van der Waals surface area (Å²) >= 11 is 0. The fourth-order valence-corrected chi connectivity index (χ4v) is 6.44. The molecule has 50 heavy (non-hydrogen) atoms. The van der Waals surface area contributed by atoms with Crippen molar-refractivity contribution in [1.82, 2.24) is 31.0 Å². The van der Waals surface area contributed by atoms with E-state index in [9.17, 15) is 24.0 Å². The third-order valence-electron chi connectivity index (χ3n) is 9.44. The predicted octanol–water partition coefficient (Wildman–Crippen LogP) is 4.02. The first-order valence-electron chi connectivity index (χ1n) is 17.5. The molecule has 4 heterocycles. The number of likely N-dealkylation sites (tertiary alicyclic amines) is 1. The molecular formula is C37H50N6O7. The van der Waals surface area contributed by atoms with Crippen LogP contribution in [0, 0.1) is 11.3 Å². The number of nitrogens with zero attached hydrogens (tertiary/aromatic N) is 3. The van der Waals surface area contributed by atoms with Gasteiger partial charge < -0.3 is 25.0 Å². The lowest BCUT2D eigenvalue weighted by Gasteiger charge is -2.39. The number of fused-ring (bicyclic) bond motifs is 4. The lowest BCUT2D eigenvalue weighted by Crippen LogP contribution is -2.61. The van der Waals surface area contributed by atoms with Crippen molar-refractivity contribution < 1.29 is 33.4 Å². The van der Waals surface area contributed by atoms with E-state index in [1.54, 1.807) is 52.5 Å². The number of piperidine rings is 1. The Morgan fingerprint density at radius 1 is 0.980 bits per heavy atom. The van der Waals surface area contributed by atoms with Crippen LogP contribution in [0.3, 0.4) is 0 Å². The lowest BCUT2D eigenvalue weighted by molar-refractivity contribution is -0.168. The van der Waals surface area contributed by atoms with Crippen molar-refractivity contribution >= 4 is 46.8 Å². The number of ether oxygens (including phenoxy) is 2. The Bertz CT molecular complexity index is 1660. The normalized spacial score (nSPS) is 26.0. The van der Waals surface area contributed by atoms with Gasteiger partial charge in [-0.2, -0.15) is 0 Å². The molecule has 1 aromatic heterocycles. The summed E-state index contributed by atoms with van der Waals surface area (Å²) < 4.78 is 11.6. The monoisotopic (exact) mass is 690 g/mol.